The minimum atomic E-state index is -0.0771. The van der Waals surface area contributed by atoms with Gasteiger partial charge in [-0.2, -0.15) is 4.98 Å². The minimum absolute atomic E-state index is 0.0316. The molecule has 7 nitrogen and oxygen atoms in total. The first kappa shape index (κ1) is 18.7. The predicted molar refractivity (Wildman–Crippen MR) is 107 cm³/mol. The first-order valence-corrected chi connectivity index (χ1v) is 8.81. The number of nitrogens with one attached hydrogen (secondary N) is 2. The molecule has 3 N–H and O–H groups in total. The van der Waals surface area contributed by atoms with Crippen molar-refractivity contribution in [3.05, 3.63) is 42.5 Å². The number of ether oxygens (including phenoxy) is 2. The summed E-state index contributed by atoms with van der Waals surface area (Å²) in [4.78, 5) is 9.22. The van der Waals surface area contributed by atoms with Crippen molar-refractivity contribution in [2.75, 3.05) is 31.5 Å². The van der Waals surface area contributed by atoms with Crippen LogP contribution in [0.15, 0.2) is 42.5 Å². The smallest absolute Gasteiger partial charge is 0.229 e. The summed E-state index contributed by atoms with van der Waals surface area (Å²) in [6, 6.07) is 13.2. The topological polar surface area (TPSA) is 88.5 Å². The average Bonchev–Trinajstić information content (AvgIpc) is 2.72. The van der Waals surface area contributed by atoms with E-state index in [-0.39, 0.29) is 12.6 Å². The van der Waals surface area contributed by atoms with E-state index in [2.05, 4.69) is 20.6 Å². The second kappa shape index (κ2) is 8.55. The molecule has 0 saturated carbocycles. The molecule has 0 fully saturated rings. The molecule has 3 rings (SSSR count). The van der Waals surface area contributed by atoms with Crippen molar-refractivity contribution < 1.29 is 14.6 Å². The minimum Gasteiger partial charge on any atom is -0.497 e. The van der Waals surface area contributed by atoms with Crippen LogP contribution in [0.3, 0.4) is 0 Å². The summed E-state index contributed by atoms with van der Waals surface area (Å²) in [7, 11) is 3.21. The van der Waals surface area contributed by atoms with E-state index in [1.165, 1.54) is 0 Å². The largest absolute Gasteiger partial charge is 0.497 e. The van der Waals surface area contributed by atoms with Crippen LogP contribution in [0.25, 0.3) is 10.9 Å². The maximum Gasteiger partial charge on any atom is 0.229 e. The number of rotatable bonds is 8. The number of para-hydroxylation sites is 1. The van der Waals surface area contributed by atoms with Gasteiger partial charge in [0.2, 0.25) is 5.95 Å². The van der Waals surface area contributed by atoms with Crippen molar-refractivity contribution in [1.29, 1.82) is 0 Å². The predicted octanol–water partition coefficient (Wildman–Crippen LogP) is 3.57. The molecule has 1 atom stereocenters. The Morgan fingerprint density at radius 3 is 2.59 bits per heavy atom. The number of benzene rings is 2. The molecule has 3 aromatic rings. The van der Waals surface area contributed by atoms with E-state index in [0.29, 0.717) is 23.3 Å². The van der Waals surface area contributed by atoms with Crippen molar-refractivity contribution in [1.82, 2.24) is 9.97 Å². The van der Waals surface area contributed by atoms with Crippen molar-refractivity contribution in [3.63, 3.8) is 0 Å². The van der Waals surface area contributed by atoms with Crippen molar-refractivity contribution >= 4 is 28.4 Å². The summed E-state index contributed by atoms with van der Waals surface area (Å²) in [5, 5.41) is 16.9. The summed E-state index contributed by atoms with van der Waals surface area (Å²) in [6.45, 7) is 2.04. The molecule has 0 amide bonds. The maximum absolute atomic E-state index is 9.53. The van der Waals surface area contributed by atoms with Gasteiger partial charge in [0, 0.05) is 11.5 Å². The van der Waals surface area contributed by atoms with Crippen LogP contribution in [0.5, 0.6) is 11.5 Å². The Morgan fingerprint density at radius 2 is 1.89 bits per heavy atom. The van der Waals surface area contributed by atoms with Crippen LogP contribution in [0.1, 0.15) is 13.3 Å². The molecular formula is C20H24N4O3. The molecule has 7 heteroatoms. The number of hydrogen-bond donors (Lipinski definition) is 3. The number of methoxy groups -OCH3 is 2. The van der Waals surface area contributed by atoms with Gasteiger partial charge in [-0.3, -0.25) is 0 Å². The third-order valence-corrected chi connectivity index (χ3v) is 4.31. The van der Waals surface area contributed by atoms with Crippen LogP contribution in [-0.2, 0) is 0 Å². The first-order chi connectivity index (χ1) is 13.2. The second-order valence-corrected chi connectivity index (χ2v) is 6.04. The Labute approximate surface area is 158 Å². The van der Waals surface area contributed by atoms with Crippen LogP contribution in [0, 0.1) is 0 Å². The van der Waals surface area contributed by atoms with Gasteiger partial charge in [-0.15, -0.1) is 0 Å². The summed E-state index contributed by atoms with van der Waals surface area (Å²) in [5.74, 6) is 2.44. The molecule has 27 heavy (non-hydrogen) atoms. The maximum atomic E-state index is 9.53. The molecule has 0 spiro atoms. The van der Waals surface area contributed by atoms with E-state index < -0.39 is 0 Å². The quantitative estimate of drug-likeness (QED) is 0.560. The molecule has 1 aromatic heterocycles. The number of anilines is 3. The molecule has 0 aliphatic heterocycles. The summed E-state index contributed by atoms with van der Waals surface area (Å²) < 4.78 is 10.7. The normalized spacial score (nSPS) is 11.9. The van der Waals surface area contributed by atoms with E-state index in [1.807, 2.05) is 43.3 Å². The lowest BCUT2D eigenvalue weighted by Gasteiger charge is -2.18. The van der Waals surface area contributed by atoms with Crippen molar-refractivity contribution in [2.24, 2.45) is 0 Å². The average molecular weight is 368 g/mol. The van der Waals surface area contributed by atoms with Crippen LogP contribution >= 0.6 is 0 Å². The lowest BCUT2D eigenvalue weighted by Crippen LogP contribution is -2.23. The molecule has 142 valence electrons. The third-order valence-electron chi connectivity index (χ3n) is 4.31. The standard InChI is InChI=1S/C20H24N4O3/c1-4-13(12-25)21-19-15-7-5-6-8-16(15)22-20(24-19)23-17-10-9-14(26-2)11-18(17)27-3/h5-11,13,25H,4,12H2,1-3H3,(H2,21,22,23,24). The molecule has 2 aromatic carbocycles. The first-order valence-electron chi connectivity index (χ1n) is 8.81. The number of hydrogen-bond acceptors (Lipinski definition) is 7. The van der Waals surface area contributed by atoms with E-state index >= 15 is 0 Å². The summed E-state index contributed by atoms with van der Waals surface area (Å²) in [6.07, 6.45) is 0.782. The fourth-order valence-electron chi connectivity index (χ4n) is 2.73. The SMILES string of the molecule is CCC(CO)Nc1nc(Nc2ccc(OC)cc2OC)nc2ccccc12. The zero-order valence-electron chi connectivity index (χ0n) is 15.7. The highest BCUT2D eigenvalue weighted by Gasteiger charge is 2.13. The number of aromatic nitrogens is 2. The third kappa shape index (κ3) is 4.20. The van der Waals surface area contributed by atoms with Gasteiger partial charge >= 0.3 is 0 Å². The highest BCUT2D eigenvalue weighted by Crippen LogP contribution is 2.32. The second-order valence-electron chi connectivity index (χ2n) is 6.04. The lowest BCUT2D eigenvalue weighted by atomic mass is 10.2. The highest BCUT2D eigenvalue weighted by atomic mass is 16.5. The fourth-order valence-corrected chi connectivity index (χ4v) is 2.73. The van der Waals surface area contributed by atoms with Gasteiger partial charge in [0.25, 0.3) is 0 Å². The van der Waals surface area contributed by atoms with E-state index in [4.69, 9.17) is 9.47 Å². The molecule has 1 unspecified atom stereocenters. The van der Waals surface area contributed by atoms with E-state index in [0.717, 1.165) is 23.0 Å². The van der Waals surface area contributed by atoms with Crippen LogP contribution in [0.2, 0.25) is 0 Å². The monoisotopic (exact) mass is 368 g/mol. The van der Waals surface area contributed by atoms with Gasteiger partial charge < -0.3 is 25.2 Å². The summed E-state index contributed by atoms with van der Waals surface area (Å²) >= 11 is 0. The Morgan fingerprint density at radius 1 is 1.07 bits per heavy atom. The van der Waals surface area contributed by atoms with Gasteiger partial charge in [0.15, 0.2) is 0 Å². The van der Waals surface area contributed by atoms with Gasteiger partial charge in [0.1, 0.15) is 17.3 Å². The van der Waals surface area contributed by atoms with Crippen LogP contribution in [-0.4, -0.2) is 41.9 Å². The zero-order valence-corrected chi connectivity index (χ0v) is 15.7. The molecular weight excluding hydrogens is 344 g/mol. The lowest BCUT2D eigenvalue weighted by molar-refractivity contribution is 0.271. The van der Waals surface area contributed by atoms with Gasteiger partial charge in [-0.25, -0.2) is 4.98 Å². The Hall–Kier alpha value is -3.06. The van der Waals surface area contributed by atoms with Gasteiger partial charge in [-0.1, -0.05) is 19.1 Å². The molecule has 0 aliphatic carbocycles. The van der Waals surface area contributed by atoms with Crippen LogP contribution in [0.4, 0.5) is 17.5 Å². The van der Waals surface area contributed by atoms with E-state index in [9.17, 15) is 5.11 Å². The van der Waals surface area contributed by atoms with Crippen molar-refractivity contribution in [3.8, 4) is 11.5 Å². The number of fused-ring (bicyclic) bond motifs is 1. The number of aliphatic hydroxyl groups excluding tert-OH is 1. The Balaban J connectivity index is 2.00. The molecule has 0 saturated heterocycles. The van der Waals surface area contributed by atoms with Gasteiger partial charge in [-0.05, 0) is 30.7 Å². The molecule has 0 aliphatic rings. The van der Waals surface area contributed by atoms with Gasteiger partial charge in [0.05, 0.1) is 38.1 Å². The highest BCUT2D eigenvalue weighted by molar-refractivity contribution is 5.90. The number of aliphatic hydroxyl groups is 1. The molecule has 0 bridgehead atoms. The molecule has 0 radical (unpaired) electrons. The Kier molecular flexibility index (Phi) is 5.93. The fraction of sp³-hybridized carbons (Fsp3) is 0.300. The van der Waals surface area contributed by atoms with E-state index in [1.54, 1.807) is 20.3 Å². The van der Waals surface area contributed by atoms with Crippen LogP contribution < -0.4 is 20.1 Å². The van der Waals surface area contributed by atoms with Crippen molar-refractivity contribution in [2.45, 2.75) is 19.4 Å². The summed E-state index contributed by atoms with van der Waals surface area (Å²) in [5.41, 5.74) is 1.53. The Bertz CT molecular complexity index is 913. The zero-order chi connectivity index (χ0) is 19.2. The molecule has 1 heterocycles. The number of nitrogens with zero attached hydrogens (tertiary/aromatic N) is 2.